The number of piperidine rings is 1. The first-order valence-electron chi connectivity index (χ1n) is 13.9. The number of hydrogen-bond donors (Lipinski definition) is 4. The third-order valence-corrected chi connectivity index (χ3v) is 7.59. The second kappa shape index (κ2) is 16.0. The summed E-state index contributed by atoms with van der Waals surface area (Å²) >= 11 is -1.98. The third-order valence-electron chi connectivity index (χ3n) is 7.06. The predicted molar refractivity (Wildman–Crippen MR) is 155 cm³/mol. The lowest BCUT2D eigenvalue weighted by Crippen LogP contribution is -2.42. The number of hydrogen-bond acceptors (Lipinski definition) is 7. The largest absolute Gasteiger partial charge is 0.494 e. The van der Waals surface area contributed by atoms with Crippen molar-refractivity contribution >= 4 is 34.7 Å². The Hall–Kier alpha value is -3.78. The molecule has 3 heterocycles. The molecule has 1 aromatic carbocycles. The number of fused-ring (bicyclic) bond motifs is 4. The molecular weight excluding hydrogens is 564 g/mol. The van der Waals surface area contributed by atoms with E-state index in [0.29, 0.717) is 31.2 Å². The molecule has 1 aromatic heterocycles. The van der Waals surface area contributed by atoms with Gasteiger partial charge in [0.1, 0.15) is 11.8 Å². The summed E-state index contributed by atoms with van der Waals surface area (Å²) in [6.45, 7) is 5.57. The molecule has 13 nitrogen and oxygen atoms in total. The Morgan fingerprint density at radius 1 is 1.24 bits per heavy atom. The summed E-state index contributed by atoms with van der Waals surface area (Å²) in [5.74, 6) is -0.182. The lowest BCUT2D eigenvalue weighted by Gasteiger charge is -2.33. The minimum atomic E-state index is -1.98. The molecule has 0 saturated carbocycles. The molecule has 4 rings (SSSR count). The Labute approximate surface area is 247 Å². The molecule has 0 spiro atoms. The Kier molecular flexibility index (Phi) is 12.5. The number of nitrogens with one attached hydrogen (secondary N) is 2. The molecule has 2 aliphatic rings. The highest BCUT2D eigenvalue weighted by Gasteiger charge is 2.27. The zero-order chi connectivity index (χ0) is 30.6. The maximum atomic E-state index is 13.3. The first-order valence-corrected chi connectivity index (χ1v) is 15.2. The SMILES string of the molecule is CC(N)=O.Cc1ccc2cc1CNC(=O)C(c1cnn(CCS(=O)O)c1)NC(=O)CCC(=O)N1CCCC(CCO2)C1. The Morgan fingerprint density at radius 3 is 2.74 bits per heavy atom. The summed E-state index contributed by atoms with van der Waals surface area (Å²) < 4.78 is 27.6. The van der Waals surface area contributed by atoms with Gasteiger partial charge in [0.2, 0.25) is 23.6 Å². The van der Waals surface area contributed by atoms with Crippen molar-refractivity contribution in [1.29, 1.82) is 0 Å². The van der Waals surface area contributed by atoms with Gasteiger partial charge >= 0.3 is 0 Å². The predicted octanol–water partition coefficient (Wildman–Crippen LogP) is 1.18. The fraction of sp³-hybridized carbons (Fsp3) is 0.536. The van der Waals surface area contributed by atoms with Crippen LogP contribution in [0.4, 0.5) is 0 Å². The quantitative estimate of drug-likeness (QED) is 0.375. The maximum Gasteiger partial charge on any atom is 0.247 e. The van der Waals surface area contributed by atoms with Gasteiger partial charge in [-0.1, -0.05) is 6.07 Å². The number of benzene rings is 1. The highest BCUT2D eigenvalue weighted by molar-refractivity contribution is 7.79. The molecule has 2 aromatic rings. The molecule has 3 unspecified atom stereocenters. The van der Waals surface area contributed by atoms with Gasteiger partial charge in [0.15, 0.2) is 11.1 Å². The molecule has 0 radical (unpaired) electrons. The molecule has 2 aliphatic heterocycles. The normalized spacial score (nSPS) is 20.9. The topological polar surface area (TPSA) is 186 Å². The van der Waals surface area contributed by atoms with Crippen molar-refractivity contribution in [3.8, 4) is 5.75 Å². The van der Waals surface area contributed by atoms with Gasteiger partial charge in [-0.25, -0.2) is 4.21 Å². The monoisotopic (exact) mass is 604 g/mol. The highest BCUT2D eigenvalue weighted by atomic mass is 32.2. The van der Waals surface area contributed by atoms with E-state index in [1.165, 1.54) is 17.8 Å². The molecule has 3 atom stereocenters. The van der Waals surface area contributed by atoms with Crippen LogP contribution in [0.1, 0.15) is 61.8 Å². The van der Waals surface area contributed by atoms with E-state index in [4.69, 9.17) is 9.29 Å². The van der Waals surface area contributed by atoms with Gasteiger partial charge < -0.3 is 30.6 Å². The number of carbonyl (C=O) groups is 4. The molecule has 1 fully saturated rings. The maximum absolute atomic E-state index is 13.3. The van der Waals surface area contributed by atoms with E-state index in [9.17, 15) is 23.4 Å². The Bertz CT molecular complexity index is 1280. The van der Waals surface area contributed by atoms with Crippen LogP contribution >= 0.6 is 0 Å². The zero-order valence-corrected chi connectivity index (χ0v) is 24.9. The number of primary amides is 1. The van der Waals surface area contributed by atoms with E-state index in [1.807, 2.05) is 30.0 Å². The Morgan fingerprint density at radius 2 is 2.00 bits per heavy atom. The van der Waals surface area contributed by atoms with Gasteiger partial charge in [-0.05, 0) is 55.4 Å². The number of amides is 4. The molecule has 14 heteroatoms. The molecule has 4 amide bonds. The smallest absolute Gasteiger partial charge is 0.247 e. The number of ether oxygens (including phenoxy) is 1. The first-order chi connectivity index (χ1) is 20.0. The number of carbonyl (C=O) groups excluding carboxylic acids is 4. The minimum absolute atomic E-state index is 0.0124. The van der Waals surface area contributed by atoms with Crippen LogP contribution in [-0.4, -0.2) is 72.5 Å². The number of nitrogens with two attached hydrogens (primary N) is 1. The van der Waals surface area contributed by atoms with Crippen molar-refractivity contribution in [2.45, 2.75) is 65.1 Å². The van der Waals surface area contributed by atoms with Crippen LogP contribution in [0.2, 0.25) is 0 Å². The van der Waals surface area contributed by atoms with E-state index in [2.05, 4.69) is 21.5 Å². The fourth-order valence-corrected chi connectivity index (χ4v) is 5.16. The van der Waals surface area contributed by atoms with E-state index >= 15 is 0 Å². The number of nitrogens with zero attached hydrogens (tertiary/aromatic N) is 3. The minimum Gasteiger partial charge on any atom is -0.494 e. The number of aromatic nitrogens is 2. The summed E-state index contributed by atoms with van der Waals surface area (Å²) in [5, 5.41) is 9.82. The third kappa shape index (κ3) is 10.6. The summed E-state index contributed by atoms with van der Waals surface area (Å²) in [4.78, 5) is 50.0. The van der Waals surface area contributed by atoms with Gasteiger partial charge in [0.05, 0.1) is 25.1 Å². The van der Waals surface area contributed by atoms with Crippen molar-refractivity contribution < 1.29 is 32.7 Å². The zero-order valence-electron chi connectivity index (χ0n) is 24.0. The average Bonchev–Trinajstić information content (AvgIpc) is 3.41. The van der Waals surface area contributed by atoms with Crippen LogP contribution in [0.3, 0.4) is 0 Å². The van der Waals surface area contributed by atoms with Gasteiger partial charge in [-0.2, -0.15) is 5.10 Å². The average molecular weight is 605 g/mol. The molecule has 1 saturated heterocycles. The number of rotatable bonds is 4. The van der Waals surface area contributed by atoms with E-state index in [0.717, 1.165) is 36.1 Å². The summed E-state index contributed by atoms with van der Waals surface area (Å²) in [7, 11) is 0. The number of aryl methyl sites for hydroxylation is 2. The lowest BCUT2D eigenvalue weighted by molar-refractivity contribution is -0.135. The molecular formula is C28H40N6O7S. The second-order valence-electron chi connectivity index (χ2n) is 10.5. The summed E-state index contributed by atoms with van der Waals surface area (Å²) in [5.41, 5.74) is 6.81. The van der Waals surface area contributed by atoms with Crippen LogP contribution in [0.25, 0.3) is 0 Å². The molecule has 5 N–H and O–H groups in total. The summed E-state index contributed by atoms with van der Waals surface area (Å²) in [6, 6.07) is 4.73. The molecule has 4 bridgehead atoms. The Balaban J connectivity index is 0.00000114. The molecule has 230 valence electrons. The van der Waals surface area contributed by atoms with Crippen LogP contribution in [0.5, 0.6) is 5.75 Å². The fourth-order valence-electron chi connectivity index (χ4n) is 4.82. The molecule has 0 aliphatic carbocycles. The molecule has 42 heavy (non-hydrogen) atoms. The lowest BCUT2D eigenvalue weighted by atomic mass is 9.95. The second-order valence-corrected chi connectivity index (χ2v) is 11.5. The van der Waals surface area contributed by atoms with Crippen LogP contribution in [0.15, 0.2) is 30.6 Å². The van der Waals surface area contributed by atoms with E-state index in [1.54, 1.807) is 6.20 Å². The van der Waals surface area contributed by atoms with Crippen LogP contribution in [-0.2, 0) is 43.3 Å². The van der Waals surface area contributed by atoms with E-state index in [-0.39, 0.29) is 43.5 Å². The van der Waals surface area contributed by atoms with Gasteiger partial charge in [0, 0.05) is 51.2 Å². The van der Waals surface area contributed by atoms with Crippen LogP contribution in [0, 0.1) is 12.8 Å². The standard InChI is InChI=1S/C26H35N5O6S.C2H5NO/c1-18-4-5-22-13-20(18)14-27-26(34)25(21-15-28-31(17-21)10-12-38(35)36)29-23(32)6-7-24(33)30-9-2-3-19(16-30)8-11-37-22;1-2(3)4/h4-5,13,15,17,19,25H,2-3,6-12,14,16H2,1H3,(H,27,34)(H,29,32)(H,35,36);1H3,(H2,3,4). The summed E-state index contributed by atoms with van der Waals surface area (Å²) in [6.07, 6.45) is 5.86. The first kappa shape index (κ1) is 32.7. The highest BCUT2D eigenvalue weighted by Crippen LogP contribution is 2.23. The van der Waals surface area contributed by atoms with Crippen molar-refractivity contribution in [3.05, 3.63) is 47.3 Å². The van der Waals surface area contributed by atoms with E-state index < -0.39 is 28.9 Å². The van der Waals surface area contributed by atoms with Crippen molar-refractivity contribution in [3.63, 3.8) is 0 Å². The van der Waals surface area contributed by atoms with Crippen molar-refractivity contribution in [2.75, 3.05) is 25.4 Å². The van der Waals surface area contributed by atoms with Crippen LogP contribution < -0.4 is 21.1 Å². The van der Waals surface area contributed by atoms with Gasteiger partial charge in [-0.15, -0.1) is 0 Å². The van der Waals surface area contributed by atoms with Gasteiger partial charge in [0.25, 0.3) is 0 Å². The van der Waals surface area contributed by atoms with Gasteiger partial charge in [-0.3, -0.25) is 23.9 Å². The van der Waals surface area contributed by atoms with Crippen molar-refractivity contribution in [2.24, 2.45) is 11.7 Å². The van der Waals surface area contributed by atoms with Crippen molar-refractivity contribution in [1.82, 2.24) is 25.3 Å².